The van der Waals surface area contributed by atoms with Crippen molar-refractivity contribution in [3.05, 3.63) is 41.5 Å². The van der Waals surface area contributed by atoms with Crippen LogP contribution in [0.4, 0.5) is 0 Å². The highest BCUT2D eigenvalue weighted by Gasteiger charge is 2.16. The second-order valence-electron chi connectivity index (χ2n) is 5.24. The van der Waals surface area contributed by atoms with Gasteiger partial charge in [-0.2, -0.15) is 0 Å². The lowest BCUT2D eigenvalue weighted by atomic mass is 9.96. The Balaban J connectivity index is 2.36. The monoisotopic (exact) mass is 251 g/mol. The van der Waals surface area contributed by atoms with Crippen molar-refractivity contribution in [1.29, 1.82) is 0 Å². The van der Waals surface area contributed by atoms with E-state index in [9.17, 15) is 4.91 Å². The van der Waals surface area contributed by atoms with Crippen molar-refractivity contribution < 1.29 is 4.74 Å². The Bertz CT molecular complexity index is 367. The van der Waals surface area contributed by atoms with Gasteiger partial charge in [-0.3, -0.25) is 0 Å². The van der Waals surface area contributed by atoms with Gasteiger partial charge in [0.15, 0.2) is 0 Å². The SMILES string of the molecule is CN1C=CN(COC/C=C/C(C)(C)C)/C1=C\N=O. The highest BCUT2D eigenvalue weighted by atomic mass is 16.5. The average molecular weight is 251 g/mol. The molecule has 0 aliphatic carbocycles. The number of allylic oxidation sites excluding steroid dienone is 1. The van der Waals surface area contributed by atoms with Crippen LogP contribution in [0.1, 0.15) is 20.8 Å². The molecular weight excluding hydrogens is 230 g/mol. The lowest BCUT2D eigenvalue weighted by Gasteiger charge is -2.20. The second kappa shape index (κ2) is 6.35. The molecule has 1 heterocycles. The van der Waals surface area contributed by atoms with Gasteiger partial charge in [-0.1, -0.05) is 32.9 Å². The second-order valence-corrected chi connectivity index (χ2v) is 5.24. The van der Waals surface area contributed by atoms with Crippen molar-refractivity contribution >= 4 is 0 Å². The molecule has 0 aromatic carbocycles. The molecular formula is C13H21N3O2. The lowest BCUT2D eigenvalue weighted by molar-refractivity contribution is 0.0845. The van der Waals surface area contributed by atoms with Crippen LogP contribution < -0.4 is 0 Å². The molecule has 1 aliphatic rings. The Kier molecular flexibility index (Phi) is 5.09. The fourth-order valence-electron chi connectivity index (χ4n) is 1.48. The molecule has 0 spiro atoms. The van der Waals surface area contributed by atoms with Gasteiger partial charge in [0.2, 0.25) is 0 Å². The van der Waals surface area contributed by atoms with Gasteiger partial charge in [-0.15, -0.1) is 4.91 Å². The van der Waals surface area contributed by atoms with Crippen molar-refractivity contribution in [2.45, 2.75) is 20.8 Å². The first-order valence-electron chi connectivity index (χ1n) is 5.90. The van der Waals surface area contributed by atoms with Gasteiger partial charge in [0, 0.05) is 19.4 Å². The highest BCUT2D eigenvalue weighted by Crippen LogP contribution is 2.17. The summed E-state index contributed by atoms with van der Waals surface area (Å²) in [6.07, 6.45) is 9.09. The summed E-state index contributed by atoms with van der Waals surface area (Å²) in [4.78, 5) is 13.9. The average Bonchev–Trinajstić information content (AvgIpc) is 2.60. The van der Waals surface area contributed by atoms with Crippen LogP contribution in [-0.4, -0.2) is 30.2 Å². The van der Waals surface area contributed by atoms with E-state index in [1.54, 1.807) is 0 Å². The Morgan fingerprint density at radius 2 is 2.11 bits per heavy atom. The van der Waals surface area contributed by atoms with Crippen LogP contribution in [-0.2, 0) is 4.74 Å². The minimum Gasteiger partial charge on any atom is -0.357 e. The molecule has 0 unspecified atom stereocenters. The number of nitrogens with zero attached hydrogens (tertiary/aromatic N) is 3. The predicted octanol–water partition coefficient (Wildman–Crippen LogP) is 2.85. The molecule has 0 bridgehead atoms. The third-order valence-corrected chi connectivity index (χ3v) is 2.36. The molecule has 0 atom stereocenters. The fourth-order valence-corrected chi connectivity index (χ4v) is 1.48. The van der Waals surface area contributed by atoms with E-state index in [0.717, 1.165) is 0 Å². The van der Waals surface area contributed by atoms with Crippen molar-refractivity contribution in [2.24, 2.45) is 10.6 Å². The summed E-state index contributed by atoms with van der Waals surface area (Å²) in [5, 5.41) is 2.79. The van der Waals surface area contributed by atoms with Gasteiger partial charge in [-0.05, 0) is 10.6 Å². The van der Waals surface area contributed by atoms with Crippen LogP contribution in [0.2, 0.25) is 0 Å². The van der Waals surface area contributed by atoms with Crippen molar-refractivity contribution in [1.82, 2.24) is 9.80 Å². The van der Waals surface area contributed by atoms with Gasteiger partial charge in [0.1, 0.15) is 18.8 Å². The van der Waals surface area contributed by atoms with E-state index in [4.69, 9.17) is 4.74 Å². The van der Waals surface area contributed by atoms with Crippen LogP contribution >= 0.6 is 0 Å². The van der Waals surface area contributed by atoms with E-state index in [0.29, 0.717) is 19.2 Å². The molecule has 0 amide bonds. The number of hydrogen-bond acceptors (Lipinski definition) is 5. The number of nitroso groups, excluding NO2 is 1. The summed E-state index contributed by atoms with van der Waals surface area (Å²) in [7, 11) is 1.85. The topological polar surface area (TPSA) is 45.1 Å². The van der Waals surface area contributed by atoms with E-state index in [1.807, 2.05) is 35.3 Å². The van der Waals surface area contributed by atoms with Gasteiger partial charge >= 0.3 is 0 Å². The van der Waals surface area contributed by atoms with Gasteiger partial charge in [-0.25, -0.2) is 0 Å². The zero-order valence-corrected chi connectivity index (χ0v) is 11.5. The Labute approximate surface area is 108 Å². The van der Waals surface area contributed by atoms with Crippen molar-refractivity contribution in [3.63, 3.8) is 0 Å². The fraction of sp³-hybridized carbons (Fsp3) is 0.538. The lowest BCUT2D eigenvalue weighted by Crippen LogP contribution is -2.22. The first kappa shape index (κ1) is 14.4. The molecule has 1 rings (SSSR count). The van der Waals surface area contributed by atoms with Crippen LogP contribution in [0.3, 0.4) is 0 Å². The largest absolute Gasteiger partial charge is 0.357 e. The molecule has 0 fully saturated rings. The molecule has 100 valence electrons. The minimum atomic E-state index is 0.170. The molecule has 0 aromatic heterocycles. The van der Waals surface area contributed by atoms with E-state index in [-0.39, 0.29) is 5.41 Å². The molecule has 5 heteroatoms. The predicted molar refractivity (Wildman–Crippen MR) is 72.0 cm³/mol. The quantitative estimate of drug-likeness (QED) is 0.428. The van der Waals surface area contributed by atoms with Gasteiger partial charge < -0.3 is 14.5 Å². The molecule has 0 saturated heterocycles. The highest BCUT2D eigenvalue weighted by molar-refractivity contribution is 5.12. The first-order valence-corrected chi connectivity index (χ1v) is 5.90. The molecule has 5 nitrogen and oxygen atoms in total. The zero-order chi connectivity index (χ0) is 13.6. The van der Waals surface area contributed by atoms with E-state index >= 15 is 0 Å². The summed E-state index contributed by atoms with van der Waals surface area (Å²) >= 11 is 0. The zero-order valence-electron chi connectivity index (χ0n) is 11.5. The third kappa shape index (κ3) is 4.71. The van der Waals surface area contributed by atoms with Crippen molar-refractivity contribution in [2.75, 3.05) is 20.4 Å². The summed E-state index contributed by atoms with van der Waals surface area (Å²) in [6.45, 7) is 7.36. The molecule has 1 aliphatic heterocycles. The van der Waals surface area contributed by atoms with Crippen LogP contribution in [0.5, 0.6) is 0 Å². The number of ether oxygens (including phenoxy) is 1. The van der Waals surface area contributed by atoms with Crippen LogP contribution in [0.15, 0.2) is 41.7 Å². The van der Waals surface area contributed by atoms with Gasteiger partial charge in [0.05, 0.1) is 6.61 Å². The maximum atomic E-state index is 10.3. The number of rotatable bonds is 5. The van der Waals surface area contributed by atoms with Crippen molar-refractivity contribution in [3.8, 4) is 0 Å². The summed E-state index contributed by atoms with van der Waals surface area (Å²) < 4.78 is 5.51. The minimum absolute atomic E-state index is 0.170. The summed E-state index contributed by atoms with van der Waals surface area (Å²) in [5.41, 5.74) is 0.170. The summed E-state index contributed by atoms with van der Waals surface area (Å²) in [5.74, 6) is 0.713. The first-order chi connectivity index (χ1) is 8.44. The van der Waals surface area contributed by atoms with Crippen LogP contribution in [0, 0.1) is 10.3 Å². The van der Waals surface area contributed by atoms with E-state index in [2.05, 4.69) is 32.0 Å². The van der Waals surface area contributed by atoms with Gasteiger partial charge in [0.25, 0.3) is 0 Å². The molecule has 18 heavy (non-hydrogen) atoms. The molecule has 0 N–H and O–H groups in total. The molecule has 0 radical (unpaired) electrons. The Morgan fingerprint density at radius 3 is 2.72 bits per heavy atom. The van der Waals surface area contributed by atoms with Crippen LogP contribution in [0.25, 0.3) is 0 Å². The smallest absolute Gasteiger partial charge is 0.136 e. The maximum absolute atomic E-state index is 10.3. The molecule has 0 saturated carbocycles. The number of hydrogen-bond donors (Lipinski definition) is 0. The standard InChI is InChI=1S/C13H21N3O2/c1-13(2,3)6-5-9-18-11-16-8-7-15(4)12(16)10-14-17/h5-8,10H,9,11H2,1-4H3/b6-5+,12-10-. The molecule has 0 aromatic rings. The Morgan fingerprint density at radius 1 is 1.39 bits per heavy atom. The third-order valence-electron chi connectivity index (χ3n) is 2.36. The van der Waals surface area contributed by atoms with E-state index < -0.39 is 0 Å². The van der Waals surface area contributed by atoms with E-state index in [1.165, 1.54) is 6.20 Å². The maximum Gasteiger partial charge on any atom is 0.136 e. The normalized spacial score (nSPS) is 18.3. The summed E-state index contributed by atoms with van der Waals surface area (Å²) in [6, 6.07) is 0. The Hall–Kier alpha value is -1.62.